The Labute approximate surface area is 118 Å². The van der Waals surface area contributed by atoms with Crippen molar-refractivity contribution >= 4 is 11.6 Å². The molecule has 0 radical (unpaired) electrons. The third kappa shape index (κ3) is 2.51. The Morgan fingerprint density at radius 1 is 1.42 bits per heavy atom. The highest BCUT2D eigenvalue weighted by atomic mass is 35.5. The molecule has 0 spiro atoms. The van der Waals surface area contributed by atoms with Gasteiger partial charge in [-0.2, -0.15) is 0 Å². The quantitative estimate of drug-likeness (QED) is 0.917. The number of halogens is 2. The molecule has 4 heteroatoms. The van der Waals surface area contributed by atoms with E-state index in [0.29, 0.717) is 11.1 Å². The van der Waals surface area contributed by atoms with Crippen LogP contribution in [0.15, 0.2) is 18.2 Å². The van der Waals surface area contributed by atoms with E-state index in [1.54, 1.807) is 12.1 Å². The van der Waals surface area contributed by atoms with Crippen molar-refractivity contribution in [2.24, 2.45) is 11.8 Å². The Balaban J connectivity index is 1.77. The largest absolute Gasteiger partial charge is 0.316 e. The van der Waals surface area contributed by atoms with Crippen LogP contribution in [0.3, 0.4) is 0 Å². The van der Waals surface area contributed by atoms with E-state index in [-0.39, 0.29) is 5.82 Å². The zero-order chi connectivity index (χ0) is 13.4. The van der Waals surface area contributed by atoms with Gasteiger partial charge in [-0.3, -0.25) is 4.90 Å². The summed E-state index contributed by atoms with van der Waals surface area (Å²) in [7, 11) is 0. The van der Waals surface area contributed by atoms with Gasteiger partial charge in [0.05, 0.1) is 0 Å². The molecule has 2 fully saturated rings. The molecule has 3 unspecified atom stereocenters. The Morgan fingerprint density at radius 3 is 3.05 bits per heavy atom. The van der Waals surface area contributed by atoms with Crippen molar-refractivity contribution in [3.8, 4) is 0 Å². The fourth-order valence-electron chi connectivity index (χ4n) is 3.74. The molecule has 0 bridgehead atoms. The molecule has 0 saturated carbocycles. The van der Waals surface area contributed by atoms with Gasteiger partial charge in [-0.1, -0.05) is 18.5 Å². The van der Waals surface area contributed by atoms with Crippen LogP contribution in [0.4, 0.5) is 4.39 Å². The Morgan fingerprint density at radius 2 is 2.26 bits per heavy atom. The first-order valence-electron chi connectivity index (χ1n) is 7.07. The summed E-state index contributed by atoms with van der Waals surface area (Å²) >= 11 is 6.18. The molecule has 1 aromatic rings. The average Bonchev–Trinajstić information content (AvgIpc) is 2.94. The average molecular weight is 283 g/mol. The molecule has 0 aromatic heterocycles. The number of fused-ring (bicyclic) bond motifs is 1. The number of nitrogens with zero attached hydrogens (tertiary/aromatic N) is 1. The van der Waals surface area contributed by atoms with Crippen LogP contribution in [0, 0.1) is 17.7 Å². The van der Waals surface area contributed by atoms with E-state index in [0.717, 1.165) is 50.0 Å². The molecule has 0 aliphatic carbocycles. The maximum absolute atomic E-state index is 13.3. The van der Waals surface area contributed by atoms with E-state index in [2.05, 4.69) is 17.1 Å². The topological polar surface area (TPSA) is 15.3 Å². The molecule has 3 atom stereocenters. The molecule has 1 aromatic carbocycles. The second kappa shape index (κ2) is 5.39. The first kappa shape index (κ1) is 13.3. The third-order valence-electron chi connectivity index (χ3n) is 4.62. The van der Waals surface area contributed by atoms with E-state index in [9.17, 15) is 4.39 Å². The van der Waals surface area contributed by atoms with Crippen molar-refractivity contribution < 1.29 is 4.39 Å². The number of rotatable bonds is 3. The highest BCUT2D eigenvalue weighted by Crippen LogP contribution is 2.35. The van der Waals surface area contributed by atoms with Crippen molar-refractivity contribution in [2.75, 3.05) is 19.6 Å². The summed E-state index contributed by atoms with van der Waals surface area (Å²) in [5.41, 5.74) is 0.910. The highest BCUT2D eigenvalue weighted by Gasteiger charge is 2.42. The van der Waals surface area contributed by atoms with Gasteiger partial charge in [0.2, 0.25) is 0 Å². The van der Waals surface area contributed by atoms with Crippen molar-refractivity contribution in [2.45, 2.75) is 25.9 Å². The van der Waals surface area contributed by atoms with Gasteiger partial charge < -0.3 is 5.32 Å². The summed E-state index contributed by atoms with van der Waals surface area (Å²) in [6, 6.07) is 5.25. The molecule has 1 N–H and O–H groups in total. The summed E-state index contributed by atoms with van der Waals surface area (Å²) in [5, 5.41) is 4.15. The van der Waals surface area contributed by atoms with Gasteiger partial charge in [-0.15, -0.1) is 0 Å². The second-order valence-corrected chi connectivity index (χ2v) is 6.13. The summed E-state index contributed by atoms with van der Waals surface area (Å²) in [6.45, 7) is 6.35. The van der Waals surface area contributed by atoms with Crippen molar-refractivity contribution in [1.29, 1.82) is 0 Å². The van der Waals surface area contributed by atoms with E-state index >= 15 is 0 Å². The fourth-order valence-corrected chi connectivity index (χ4v) is 3.91. The van der Waals surface area contributed by atoms with E-state index in [1.165, 1.54) is 6.07 Å². The maximum Gasteiger partial charge on any atom is 0.123 e. The second-order valence-electron chi connectivity index (χ2n) is 5.72. The minimum atomic E-state index is -0.200. The molecule has 19 heavy (non-hydrogen) atoms. The van der Waals surface area contributed by atoms with Gasteiger partial charge in [0.1, 0.15) is 5.82 Å². The molecular formula is C15H20ClFN2. The first-order valence-corrected chi connectivity index (χ1v) is 7.45. The lowest BCUT2D eigenvalue weighted by molar-refractivity contribution is 0.210. The Kier molecular flexibility index (Phi) is 3.79. The SMILES string of the molecule is CCC1C2CNCC2CN1Cc1cc(F)ccc1Cl. The first-order chi connectivity index (χ1) is 9.19. The number of hydrogen-bond donors (Lipinski definition) is 1. The molecule has 2 saturated heterocycles. The lowest BCUT2D eigenvalue weighted by Crippen LogP contribution is -2.34. The van der Waals surface area contributed by atoms with Gasteiger partial charge >= 0.3 is 0 Å². The molecule has 2 aliphatic heterocycles. The molecule has 3 rings (SSSR count). The van der Waals surface area contributed by atoms with Crippen LogP contribution >= 0.6 is 11.6 Å². The summed E-state index contributed by atoms with van der Waals surface area (Å²) < 4.78 is 13.3. The van der Waals surface area contributed by atoms with Crippen molar-refractivity contribution in [1.82, 2.24) is 10.2 Å². The van der Waals surface area contributed by atoms with E-state index in [4.69, 9.17) is 11.6 Å². The maximum atomic E-state index is 13.3. The van der Waals surface area contributed by atoms with Crippen LogP contribution in [-0.2, 0) is 6.54 Å². The van der Waals surface area contributed by atoms with Crippen LogP contribution in [0.25, 0.3) is 0 Å². The Hall–Kier alpha value is -0.640. The van der Waals surface area contributed by atoms with Crippen molar-refractivity contribution in [3.63, 3.8) is 0 Å². The summed E-state index contributed by atoms with van der Waals surface area (Å²) in [6.07, 6.45) is 1.15. The minimum Gasteiger partial charge on any atom is -0.316 e. The zero-order valence-electron chi connectivity index (χ0n) is 11.2. The molecule has 2 nitrogen and oxygen atoms in total. The Bertz CT molecular complexity index is 465. The molecule has 2 aliphatic rings. The molecular weight excluding hydrogens is 263 g/mol. The predicted molar refractivity (Wildman–Crippen MR) is 75.7 cm³/mol. The third-order valence-corrected chi connectivity index (χ3v) is 4.99. The van der Waals surface area contributed by atoms with Crippen LogP contribution in [0.5, 0.6) is 0 Å². The monoisotopic (exact) mass is 282 g/mol. The van der Waals surface area contributed by atoms with Gasteiger partial charge in [0.25, 0.3) is 0 Å². The summed E-state index contributed by atoms with van der Waals surface area (Å²) in [4.78, 5) is 2.48. The molecule has 2 heterocycles. The van der Waals surface area contributed by atoms with E-state index < -0.39 is 0 Å². The lowest BCUT2D eigenvalue weighted by Gasteiger charge is -2.27. The predicted octanol–water partition coefficient (Wildman–Crippen LogP) is 2.91. The smallest absolute Gasteiger partial charge is 0.123 e. The highest BCUT2D eigenvalue weighted by molar-refractivity contribution is 6.31. The molecule has 104 valence electrons. The summed E-state index contributed by atoms with van der Waals surface area (Å²) in [5.74, 6) is 1.29. The van der Waals surface area contributed by atoms with E-state index in [1.807, 2.05) is 0 Å². The van der Waals surface area contributed by atoms with Gasteiger partial charge in [-0.05, 0) is 55.1 Å². The van der Waals surface area contributed by atoms with Gasteiger partial charge in [-0.25, -0.2) is 4.39 Å². The van der Waals surface area contributed by atoms with Gasteiger partial charge in [0.15, 0.2) is 0 Å². The lowest BCUT2D eigenvalue weighted by atomic mass is 9.93. The van der Waals surface area contributed by atoms with Crippen molar-refractivity contribution in [3.05, 3.63) is 34.6 Å². The number of likely N-dealkylation sites (tertiary alicyclic amines) is 1. The van der Waals surface area contributed by atoms with Crippen LogP contribution in [0.1, 0.15) is 18.9 Å². The molecule has 0 amide bonds. The van der Waals surface area contributed by atoms with Crippen LogP contribution in [-0.4, -0.2) is 30.6 Å². The zero-order valence-corrected chi connectivity index (χ0v) is 12.0. The minimum absolute atomic E-state index is 0.200. The van der Waals surface area contributed by atoms with Crippen LogP contribution in [0.2, 0.25) is 5.02 Å². The van der Waals surface area contributed by atoms with Gasteiger partial charge in [0, 0.05) is 24.2 Å². The fraction of sp³-hybridized carbons (Fsp3) is 0.600. The number of nitrogens with one attached hydrogen (secondary N) is 1. The van der Waals surface area contributed by atoms with Crippen LogP contribution < -0.4 is 5.32 Å². The normalized spacial score (nSPS) is 30.8. The number of benzene rings is 1. The standard InChI is InChI=1S/C15H20ClFN2/c1-2-15-13-7-18-6-11(13)9-19(15)8-10-5-12(17)3-4-14(10)16/h3-5,11,13,15,18H,2,6-9H2,1H3. The number of hydrogen-bond acceptors (Lipinski definition) is 2.